The highest BCUT2D eigenvalue weighted by atomic mass is 35.5. The summed E-state index contributed by atoms with van der Waals surface area (Å²) in [6, 6.07) is 20.7. The Morgan fingerprint density at radius 3 is 2.69 bits per heavy atom. The number of hydrogen-bond donors (Lipinski definition) is 1. The molecule has 0 unspecified atom stereocenters. The molecule has 1 atom stereocenters. The summed E-state index contributed by atoms with van der Waals surface area (Å²) in [5.74, 6) is 0.439. The number of carbonyl (C=O) groups is 2. The number of hydrogen-bond acceptors (Lipinski definition) is 3. The molecule has 1 heterocycles. The third-order valence-electron chi connectivity index (χ3n) is 6.15. The molecule has 5 rings (SSSR count). The second kappa shape index (κ2) is 8.67. The van der Waals surface area contributed by atoms with E-state index in [9.17, 15) is 9.59 Å². The van der Waals surface area contributed by atoms with Gasteiger partial charge < -0.3 is 15.0 Å². The van der Waals surface area contributed by atoms with Gasteiger partial charge in [-0.05, 0) is 72.9 Å². The molecular formula is C26H23ClN2O3. The number of anilines is 1. The summed E-state index contributed by atoms with van der Waals surface area (Å²) in [7, 11) is 0. The SMILES string of the molecule is O=C(Nc1ccc2c(c1)CN([C@H]1CCCc3ccccc31)C(=O)CO2)c1ccc(Cl)cc1. The molecule has 0 fully saturated rings. The third-order valence-corrected chi connectivity index (χ3v) is 6.40. The van der Waals surface area contributed by atoms with Crippen molar-refractivity contribution in [2.45, 2.75) is 31.8 Å². The van der Waals surface area contributed by atoms with Gasteiger partial charge in [-0.25, -0.2) is 0 Å². The molecule has 0 aromatic heterocycles. The fourth-order valence-corrected chi connectivity index (χ4v) is 4.68. The van der Waals surface area contributed by atoms with Gasteiger partial charge in [0, 0.05) is 21.8 Å². The van der Waals surface area contributed by atoms with Gasteiger partial charge in [0.15, 0.2) is 6.61 Å². The number of nitrogens with zero attached hydrogens (tertiary/aromatic N) is 1. The lowest BCUT2D eigenvalue weighted by Crippen LogP contribution is -2.37. The van der Waals surface area contributed by atoms with Crippen LogP contribution in [-0.4, -0.2) is 23.3 Å². The van der Waals surface area contributed by atoms with Crippen molar-refractivity contribution in [1.82, 2.24) is 4.90 Å². The molecule has 3 aromatic carbocycles. The Morgan fingerprint density at radius 2 is 1.84 bits per heavy atom. The summed E-state index contributed by atoms with van der Waals surface area (Å²) < 4.78 is 5.81. The largest absolute Gasteiger partial charge is 0.483 e. The minimum atomic E-state index is -0.217. The maximum Gasteiger partial charge on any atom is 0.261 e. The van der Waals surface area contributed by atoms with Crippen LogP contribution in [0, 0.1) is 0 Å². The number of nitrogens with one attached hydrogen (secondary N) is 1. The molecule has 0 radical (unpaired) electrons. The van der Waals surface area contributed by atoms with Gasteiger partial charge in [-0.15, -0.1) is 0 Å². The molecule has 3 aromatic rings. The average Bonchev–Trinajstić information content (AvgIpc) is 2.97. The summed E-state index contributed by atoms with van der Waals surface area (Å²) in [6.45, 7) is 0.458. The standard InChI is InChI=1S/C26H23ClN2O3/c27-20-10-8-18(9-11-20)26(31)28-21-12-13-24-19(14-21)15-29(25(30)16-32-24)23-7-3-5-17-4-1-2-6-22(17)23/h1-2,4,6,8-14,23H,3,5,7,15-16H2,(H,28,31)/t23-/m0/s1. The maximum absolute atomic E-state index is 13.0. The second-order valence-electron chi connectivity index (χ2n) is 8.20. The highest BCUT2D eigenvalue weighted by Crippen LogP contribution is 2.37. The van der Waals surface area contributed by atoms with Crippen molar-refractivity contribution in [1.29, 1.82) is 0 Å². The first-order valence-electron chi connectivity index (χ1n) is 10.8. The van der Waals surface area contributed by atoms with Gasteiger partial charge in [-0.1, -0.05) is 35.9 Å². The van der Waals surface area contributed by atoms with E-state index in [1.807, 2.05) is 23.1 Å². The van der Waals surface area contributed by atoms with Crippen LogP contribution in [0.4, 0.5) is 5.69 Å². The molecule has 0 spiro atoms. The van der Waals surface area contributed by atoms with E-state index < -0.39 is 0 Å². The van der Waals surface area contributed by atoms with Gasteiger partial charge in [0.2, 0.25) is 0 Å². The Kier molecular flexibility index (Phi) is 5.58. The molecular weight excluding hydrogens is 424 g/mol. The van der Waals surface area contributed by atoms with E-state index in [2.05, 4.69) is 23.5 Å². The summed E-state index contributed by atoms with van der Waals surface area (Å²) in [5.41, 5.74) is 4.60. The summed E-state index contributed by atoms with van der Waals surface area (Å²) in [4.78, 5) is 27.5. The van der Waals surface area contributed by atoms with Crippen molar-refractivity contribution in [2.75, 3.05) is 11.9 Å². The number of aryl methyl sites for hydroxylation is 1. The predicted molar refractivity (Wildman–Crippen MR) is 124 cm³/mol. The lowest BCUT2D eigenvalue weighted by atomic mass is 9.86. The van der Waals surface area contributed by atoms with Crippen LogP contribution in [0.5, 0.6) is 5.75 Å². The van der Waals surface area contributed by atoms with Crippen LogP contribution in [0.15, 0.2) is 66.7 Å². The number of benzene rings is 3. The topological polar surface area (TPSA) is 58.6 Å². The van der Waals surface area contributed by atoms with Gasteiger partial charge in [-0.3, -0.25) is 9.59 Å². The van der Waals surface area contributed by atoms with Crippen LogP contribution in [0.1, 0.15) is 45.9 Å². The zero-order valence-electron chi connectivity index (χ0n) is 17.5. The molecule has 1 aliphatic heterocycles. The summed E-state index contributed by atoms with van der Waals surface area (Å²) >= 11 is 5.91. The molecule has 2 aliphatic rings. The summed E-state index contributed by atoms with van der Waals surface area (Å²) in [6.07, 6.45) is 3.03. The van der Waals surface area contributed by atoms with Crippen molar-refractivity contribution in [2.24, 2.45) is 0 Å². The Balaban J connectivity index is 1.41. The predicted octanol–water partition coefficient (Wildman–Crippen LogP) is 5.39. The zero-order valence-corrected chi connectivity index (χ0v) is 18.3. The number of amides is 2. The van der Waals surface area contributed by atoms with Gasteiger partial charge >= 0.3 is 0 Å². The van der Waals surface area contributed by atoms with Crippen molar-refractivity contribution in [3.05, 3.63) is 94.0 Å². The van der Waals surface area contributed by atoms with Crippen molar-refractivity contribution in [3.8, 4) is 5.75 Å². The molecule has 1 aliphatic carbocycles. The van der Waals surface area contributed by atoms with Crippen LogP contribution in [0.25, 0.3) is 0 Å². The second-order valence-corrected chi connectivity index (χ2v) is 8.64. The van der Waals surface area contributed by atoms with Gasteiger partial charge in [-0.2, -0.15) is 0 Å². The molecule has 32 heavy (non-hydrogen) atoms. The van der Waals surface area contributed by atoms with Crippen LogP contribution in [-0.2, 0) is 17.8 Å². The number of ether oxygens (including phenoxy) is 1. The fraction of sp³-hybridized carbons (Fsp3) is 0.231. The van der Waals surface area contributed by atoms with E-state index in [4.69, 9.17) is 16.3 Å². The van der Waals surface area contributed by atoms with E-state index in [0.29, 0.717) is 28.6 Å². The van der Waals surface area contributed by atoms with Crippen LogP contribution in [0.3, 0.4) is 0 Å². The van der Waals surface area contributed by atoms with E-state index >= 15 is 0 Å². The Morgan fingerprint density at radius 1 is 1.03 bits per heavy atom. The van der Waals surface area contributed by atoms with Gasteiger partial charge in [0.25, 0.3) is 11.8 Å². The number of fused-ring (bicyclic) bond motifs is 2. The molecule has 5 nitrogen and oxygen atoms in total. The minimum Gasteiger partial charge on any atom is -0.483 e. The smallest absolute Gasteiger partial charge is 0.261 e. The number of carbonyl (C=O) groups excluding carboxylic acids is 2. The number of rotatable bonds is 3. The monoisotopic (exact) mass is 446 g/mol. The molecule has 0 saturated heterocycles. The first kappa shape index (κ1) is 20.6. The normalized spacial score (nSPS) is 17.6. The van der Waals surface area contributed by atoms with Gasteiger partial charge in [0.05, 0.1) is 12.6 Å². The fourth-order valence-electron chi connectivity index (χ4n) is 4.56. The quantitative estimate of drug-likeness (QED) is 0.586. The van der Waals surface area contributed by atoms with Crippen LogP contribution >= 0.6 is 11.6 Å². The highest BCUT2D eigenvalue weighted by Gasteiger charge is 2.32. The van der Waals surface area contributed by atoms with Gasteiger partial charge in [0.1, 0.15) is 5.75 Å². The zero-order chi connectivity index (χ0) is 22.1. The maximum atomic E-state index is 13.0. The Labute approximate surface area is 192 Å². The molecule has 0 saturated carbocycles. The summed E-state index contributed by atoms with van der Waals surface area (Å²) in [5, 5.41) is 3.51. The van der Waals surface area contributed by atoms with Crippen molar-refractivity contribution >= 4 is 29.1 Å². The van der Waals surface area contributed by atoms with Crippen LogP contribution < -0.4 is 10.1 Å². The molecule has 162 valence electrons. The minimum absolute atomic E-state index is 0.0160. The lowest BCUT2D eigenvalue weighted by molar-refractivity contribution is -0.136. The average molecular weight is 447 g/mol. The lowest BCUT2D eigenvalue weighted by Gasteiger charge is -2.35. The Hall–Kier alpha value is -3.31. The third kappa shape index (κ3) is 4.08. The Bertz CT molecular complexity index is 1180. The molecule has 1 N–H and O–H groups in total. The number of halogens is 1. The van der Waals surface area contributed by atoms with Crippen molar-refractivity contribution in [3.63, 3.8) is 0 Å². The molecule has 0 bridgehead atoms. The van der Waals surface area contributed by atoms with E-state index in [-0.39, 0.29) is 24.5 Å². The van der Waals surface area contributed by atoms with E-state index in [1.165, 1.54) is 11.1 Å². The molecule has 2 amide bonds. The van der Waals surface area contributed by atoms with E-state index in [0.717, 1.165) is 24.8 Å². The first-order chi connectivity index (χ1) is 15.6. The van der Waals surface area contributed by atoms with E-state index in [1.54, 1.807) is 30.3 Å². The highest BCUT2D eigenvalue weighted by molar-refractivity contribution is 6.30. The first-order valence-corrected chi connectivity index (χ1v) is 11.2. The van der Waals surface area contributed by atoms with Crippen molar-refractivity contribution < 1.29 is 14.3 Å². The van der Waals surface area contributed by atoms with Crippen LogP contribution in [0.2, 0.25) is 5.02 Å². The molecule has 6 heteroatoms.